The number of amides is 1. The lowest BCUT2D eigenvalue weighted by atomic mass is 10.1. The van der Waals surface area contributed by atoms with E-state index in [9.17, 15) is 4.79 Å². The van der Waals surface area contributed by atoms with Gasteiger partial charge in [-0.05, 0) is 29.8 Å². The van der Waals surface area contributed by atoms with E-state index in [-0.39, 0.29) is 12.3 Å². The summed E-state index contributed by atoms with van der Waals surface area (Å²) in [5, 5.41) is 3.50. The Morgan fingerprint density at radius 1 is 0.897 bits per heavy atom. The second-order valence-corrected chi connectivity index (χ2v) is 7.37. The molecule has 6 nitrogen and oxygen atoms in total. The minimum atomic E-state index is -0.111. The molecule has 1 aliphatic rings. The topological polar surface area (TPSA) is 61.4 Å². The number of hydrogen-bond donors (Lipinski definition) is 1. The molecule has 1 N–H and O–H groups in total. The number of hydrogen-bond acceptors (Lipinski definition) is 5. The highest BCUT2D eigenvalue weighted by atomic mass is 35.5. The van der Waals surface area contributed by atoms with Crippen LogP contribution in [-0.2, 0) is 11.2 Å². The van der Waals surface area contributed by atoms with Crippen molar-refractivity contribution in [3.8, 4) is 0 Å². The first-order valence-corrected chi connectivity index (χ1v) is 9.96. The summed E-state index contributed by atoms with van der Waals surface area (Å²) in [5.41, 5.74) is 2.74. The number of aromatic nitrogens is 2. The lowest BCUT2D eigenvalue weighted by Crippen LogP contribution is -2.47. The van der Waals surface area contributed by atoms with Crippen LogP contribution in [0.4, 0.5) is 17.3 Å². The van der Waals surface area contributed by atoms with Crippen LogP contribution in [0.1, 0.15) is 5.56 Å². The lowest BCUT2D eigenvalue weighted by molar-refractivity contribution is -0.115. The summed E-state index contributed by atoms with van der Waals surface area (Å²) in [6.45, 7) is 3.56. The third-order valence-corrected chi connectivity index (χ3v) is 5.14. The van der Waals surface area contributed by atoms with Gasteiger partial charge < -0.3 is 15.1 Å². The van der Waals surface area contributed by atoms with Crippen LogP contribution < -0.4 is 15.1 Å². The van der Waals surface area contributed by atoms with Gasteiger partial charge >= 0.3 is 0 Å². The molecule has 3 aromatic rings. The Hall–Kier alpha value is -3.12. The molecule has 0 bridgehead atoms. The van der Waals surface area contributed by atoms with E-state index in [0.717, 1.165) is 31.7 Å². The van der Waals surface area contributed by atoms with E-state index in [1.165, 1.54) is 5.69 Å². The molecule has 1 aliphatic heterocycles. The molecular formula is C22H22ClN5O. The van der Waals surface area contributed by atoms with Gasteiger partial charge in [0.25, 0.3) is 0 Å². The normalized spacial score (nSPS) is 14.0. The summed E-state index contributed by atoms with van der Waals surface area (Å²) in [4.78, 5) is 25.6. The molecule has 7 heteroatoms. The molecule has 0 aliphatic carbocycles. The van der Waals surface area contributed by atoms with E-state index in [1.54, 1.807) is 24.5 Å². The molecule has 2 aromatic carbocycles. The molecule has 29 heavy (non-hydrogen) atoms. The zero-order valence-electron chi connectivity index (χ0n) is 16.0. The van der Waals surface area contributed by atoms with Gasteiger partial charge in [0.2, 0.25) is 11.9 Å². The number of benzene rings is 2. The molecule has 1 amide bonds. The SMILES string of the molecule is O=C(Cc1ccc(Cl)cc1)Nc1cnc(N2CCN(c3ccccc3)CC2)nc1. The molecule has 0 radical (unpaired) electrons. The Morgan fingerprint density at radius 2 is 1.52 bits per heavy atom. The van der Waals surface area contributed by atoms with E-state index in [0.29, 0.717) is 16.7 Å². The molecule has 1 fully saturated rings. The largest absolute Gasteiger partial charge is 0.368 e. The Labute approximate surface area is 175 Å². The summed E-state index contributed by atoms with van der Waals surface area (Å²) in [6.07, 6.45) is 3.59. The van der Waals surface area contributed by atoms with Crippen LogP contribution in [0.3, 0.4) is 0 Å². The van der Waals surface area contributed by atoms with E-state index < -0.39 is 0 Å². The Morgan fingerprint density at radius 3 is 2.17 bits per heavy atom. The van der Waals surface area contributed by atoms with Gasteiger partial charge in [-0.25, -0.2) is 9.97 Å². The maximum Gasteiger partial charge on any atom is 0.228 e. The van der Waals surface area contributed by atoms with Crippen molar-refractivity contribution in [1.29, 1.82) is 0 Å². The van der Waals surface area contributed by atoms with E-state index >= 15 is 0 Å². The van der Waals surface area contributed by atoms with Gasteiger partial charge in [0.1, 0.15) is 0 Å². The van der Waals surface area contributed by atoms with Crippen LogP contribution in [0.2, 0.25) is 5.02 Å². The fourth-order valence-corrected chi connectivity index (χ4v) is 3.47. The smallest absolute Gasteiger partial charge is 0.228 e. The molecule has 148 valence electrons. The predicted molar refractivity (Wildman–Crippen MR) is 117 cm³/mol. The van der Waals surface area contributed by atoms with Crippen molar-refractivity contribution in [1.82, 2.24) is 9.97 Å². The minimum Gasteiger partial charge on any atom is -0.368 e. The first-order valence-electron chi connectivity index (χ1n) is 9.59. The number of carbonyl (C=O) groups excluding carboxylic acids is 1. The van der Waals surface area contributed by atoms with Gasteiger partial charge in [0, 0.05) is 36.9 Å². The number of nitrogens with zero attached hydrogens (tertiary/aromatic N) is 4. The highest BCUT2D eigenvalue weighted by molar-refractivity contribution is 6.30. The van der Waals surface area contributed by atoms with Crippen LogP contribution >= 0.6 is 11.6 Å². The fraction of sp³-hybridized carbons (Fsp3) is 0.227. The number of piperazine rings is 1. The van der Waals surface area contributed by atoms with Crippen LogP contribution in [0.25, 0.3) is 0 Å². The zero-order chi connectivity index (χ0) is 20.1. The second kappa shape index (κ2) is 8.92. The van der Waals surface area contributed by atoms with E-state index in [1.807, 2.05) is 18.2 Å². The van der Waals surface area contributed by atoms with Crippen LogP contribution in [0.5, 0.6) is 0 Å². The Kier molecular flexibility index (Phi) is 5.91. The van der Waals surface area contributed by atoms with Gasteiger partial charge in [-0.2, -0.15) is 0 Å². The summed E-state index contributed by atoms with van der Waals surface area (Å²) in [7, 11) is 0. The molecule has 1 aromatic heterocycles. The number of rotatable bonds is 5. The molecule has 4 rings (SSSR count). The average Bonchev–Trinajstić information content (AvgIpc) is 2.77. The third kappa shape index (κ3) is 5.03. The van der Waals surface area contributed by atoms with Gasteiger partial charge in [-0.3, -0.25) is 4.79 Å². The van der Waals surface area contributed by atoms with Crippen molar-refractivity contribution < 1.29 is 4.79 Å². The van der Waals surface area contributed by atoms with Gasteiger partial charge in [0.15, 0.2) is 0 Å². The van der Waals surface area contributed by atoms with Crippen molar-refractivity contribution in [2.75, 3.05) is 41.3 Å². The van der Waals surface area contributed by atoms with Crippen LogP contribution in [0.15, 0.2) is 67.0 Å². The maximum absolute atomic E-state index is 12.2. The summed E-state index contributed by atoms with van der Waals surface area (Å²) < 4.78 is 0. The Bertz CT molecular complexity index is 939. The predicted octanol–water partition coefficient (Wildman–Crippen LogP) is 3.64. The molecule has 0 atom stereocenters. The van der Waals surface area contributed by atoms with E-state index in [4.69, 9.17) is 11.6 Å². The monoisotopic (exact) mass is 407 g/mol. The number of para-hydroxylation sites is 1. The standard InChI is InChI=1S/C22H22ClN5O/c23-18-8-6-17(7-9-18)14-21(29)26-19-15-24-22(25-16-19)28-12-10-27(11-13-28)20-4-2-1-3-5-20/h1-9,15-16H,10-14H2,(H,26,29). The van der Waals surface area contributed by atoms with Crippen molar-refractivity contribution in [2.45, 2.75) is 6.42 Å². The molecule has 0 unspecified atom stereocenters. The lowest BCUT2D eigenvalue weighted by Gasteiger charge is -2.36. The summed E-state index contributed by atoms with van der Waals surface area (Å²) >= 11 is 5.87. The maximum atomic E-state index is 12.2. The second-order valence-electron chi connectivity index (χ2n) is 6.93. The van der Waals surface area contributed by atoms with Crippen molar-refractivity contribution in [3.63, 3.8) is 0 Å². The minimum absolute atomic E-state index is 0.111. The van der Waals surface area contributed by atoms with Gasteiger partial charge in [-0.15, -0.1) is 0 Å². The van der Waals surface area contributed by atoms with Crippen molar-refractivity contribution in [3.05, 3.63) is 77.6 Å². The molecule has 2 heterocycles. The number of nitrogens with one attached hydrogen (secondary N) is 1. The average molecular weight is 408 g/mol. The zero-order valence-corrected chi connectivity index (χ0v) is 16.7. The van der Waals surface area contributed by atoms with Gasteiger partial charge in [0.05, 0.1) is 24.5 Å². The highest BCUT2D eigenvalue weighted by Crippen LogP contribution is 2.18. The number of halogens is 1. The number of carbonyl (C=O) groups is 1. The van der Waals surface area contributed by atoms with Crippen LogP contribution in [-0.4, -0.2) is 42.1 Å². The third-order valence-electron chi connectivity index (χ3n) is 4.88. The summed E-state index contributed by atoms with van der Waals surface area (Å²) in [6, 6.07) is 17.7. The van der Waals surface area contributed by atoms with Crippen LogP contribution in [0, 0.1) is 0 Å². The molecular weight excluding hydrogens is 386 g/mol. The first-order chi connectivity index (χ1) is 14.2. The van der Waals surface area contributed by atoms with Crippen molar-refractivity contribution >= 4 is 34.8 Å². The first kappa shape index (κ1) is 19.2. The van der Waals surface area contributed by atoms with Gasteiger partial charge in [-0.1, -0.05) is 41.9 Å². The quantitative estimate of drug-likeness (QED) is 0.699. The number of anilines is 3. The molecule has 0 saturated carbocycles. The van der Waals surface area contributed by atoms with Crippen molar-refractivity contribution in [2.24, 2.45) is 0 Å². The molecule has 1 saturated heterocycles. The Balaban J connectivity index is 1.30. The highest BCUT2D eigenvalue weighted by Gasteiger charge is 2.19. The van der Waals surface area contributed by atoms with E-state index in [2.05, 4.69) is 49.4 Å². The fourth-order valence-electron chi connectivity index (χ4n) is 3.35. The molecule has 0 spiro atoms. The summed E-state index contributed by atoms with van der Waals surface area (Å²) in [5.74, 6) is 0.577.